The second kappa shape index (κ2) is 5.34. The molecule has 1 aromatic carbocycles. The van der Waals surface area contributed by atoms with E-state index in [1.807, 2.05) is 0 Å². The van der Waals surface area contributed by atoms with Crippen LogP contribution in [0.5, 0.6) is 0 Å². The lowest BCUT2D eigenvalue weighted by Gasteiger charge is -2.09. The van der Waals surface area contributed by atoms with Crippen LogP contribution in [0.25, 0.3) is 11.3 Å². The molecule has 8 heteroatoms. The number of aromatic nitrogens is 1. The van der Waals surface area contributed by atoms with Gasteiger partial charge in [0.15, 0.2) is 23.3 Å². The zero-order valence-corrected chi connectivity index (χ0v) is 10.3. The van der Waals surface area contributed by atoms with Crippen molar-refractivity contribution in [2.75, 3.05) is 0 Å². The second-order valence-corrected chi connectivity index (χ2v) is 4.11. The molecule has 0 atom stereocenters. The van der Waals surface area contributed by atoms with Gasteiger partial charge < -0.3 is 5.11 Å². The standard InChI is InChI=1S/C12H5ClF5NO/c13-12-4(3-20)1-2-5(19-12)6-7(14)9(16)11(18)10(17)8(6)15/h1-2,20H,3H2. The van der Waals surface area contributed by atoms with Gasteiger partial charge in [0.05, 0.1) is 17.9 Å². The summed E-state index contributed by atoms with van der Waals surface area (Å²) >= 11 is 5.62. The van der Waals surface area contributed by atoms with Crippen molar-refractivity contribution >= 4 is 11.6 Å². The Morgan fingerprint density at radius 3 is 1.85 bits per heavy atom. The fourth-order valence-corrected chi connectivity index (χ4v) is 1.76. The van der Waals surface area contributed by atoms with Crippen LogP contribution in [0.3, 0.4) is 0 Å². The fraction of sp³-hybridized carbons (Fsp3) is 0.0833. The van der Waals surface area contributed by atoms with Gasteiger partial charge in [0.1, 0.15) is 5.15 Å². The third-order valence-corrected chi connectivity index (χ3v) is 2.89. The van der Waals surface area contributed by atoms with Crippen molar-refractivity contribution in [1.29, 1.82) is 0 Å². The summed E-state index contributed by atoms with van der Waals surface area (Å²) in [5, 5.41) is 8.57. The van der Waals surface area contributed by atoms with Gasteiger partial charge in [-0.1, -0.05) is 17.7 Å². The molecular weight excluding hydrogens is 305 g/mol. The number of nitrogens with zero attached hydrogens (tertiary/aromatic N) is 1. The SMILES string of the molecule is OCc1ccc(-c2c(F)c(F)c(F)c(F)c2F)nc1Cl. The van der Waals surface area contributed by atoms with Crippen LogP contribution in [0, 0.1) is 29.1 Å². The first kappa shape index (κ1) is 14.7. The summed E-state index contributed by atoms with van der Waals surface area (Å²) < 4.78 is 66.1. The van der Waals surface area contributed by atoms with Crippen LogP contribution in [-0.4, -0.2) is 10.1 Å². The third kappa shape index (κ3) is 2.23. The van der Waals surface area contributed by atoms with Gasteiger partial charge in [0.2, 0.25) is 5.82 Å². The minimum Gasteiger partial charge on any atom is -0.392 e. The van der Waals surface area contributed by atoms with Gasteiger partial charge in [0, 0.05) is 5.56 Å². The zero-order chi connectivity index (χ0) is 15.0. The monoisotopic (exact) mass is 309 g/mol. The fourth-order valence-electron chi connectivity index (χ4n) is 1.55. The Morgan fingerprint density at radius 1 is 0.900 bits per heavy atom. The molecule has 2 aromatic rings. The molecule has 2 rings (SSSR count). The predicted octanol–water partition coefficient (Wildman–Crippen LogP) is 3.59. The maximum absolute atomic E-state index is 13.5. The summed E-state index contributed by atoms with van der Waals surface area (Å²) in [5.74, 6) is -10.4. The summed E-state index contributed by atoms with van der Waals surface area (Å²) in [5.41, 5.74) is -1.55. The minimum atomic E-state index is -2.25. The number of pyridine rings is 1. The van der Waals surface area contributed by atoms with Crippen LogP contribution in [0.2, 0.25) is 5.15 Å². The molecule has 0 unspecified atom stereocenters. The first-order valence-electron chi connectivity index (χ1n) is 5.16. The van der Waals surface area contributed by atoms with E-state index in [2.05, 4.69) is 4.98 Å². The molecular formula is C12H5ClF5NO. The van der Waals surface area contributed by atoms with Crippen LogP contribution in [0.15, 0.2) is 12.1 Å². The zero-order valence-electron chi connectivity index (χ0n) is 9.52. The van der Waals surface area contributed by atoms with Crippen molar-refractivity contribution in [3.05, 3.63) is 51.9 Å². The molecule has 1 N–H and O–H groups in total. The first-order chi connectivity index (χ1) is 9.38. The average molecular weight is 310 g/mol. The van der Waals surface area contributed by atoms with E-state index in [1.54, 1.807) is 0 Å². The molecule has 106 valence electrons. The average Bonchev–Trinajstić information content (AvgIpc) is 2.43. The molecule has 1 aromatic heterocycles. The molecule has 0 radical (unpaired) electrons. The summed E-state index contributed by atoms with van der Waals surface area (Å²) in [6.07, 6.45) is 0. The molecule has 0 saturated heterocycles. The van der Waals surface area contributed by atoms with Crippen molar-refractivity contribution < 1.29 is 27.1 Å². The Morgan fingerprint density at radius 2 is 1.40 bits per heavy atom. The normalized spacial score (nSPS) is 10.9. The molecule has 0 fully saturated rings. The molecule has 0 aliphatic heterocycles. The van der Waals surface area contributed by atoms with Gasteiger partial charge in [-0.05, 0) is 6.07 Å². The summed E-state index contributed by atoms with van der Waals surface area (Å²) in [6.45, 7) is -0.483. The van der Waals surface area contributed by atoms with E-state index in [0.717, 1.165) is 6.07 Å². The Balaban J connectivity index is 2.73. The molecule has 1 heterocycles. The van der Waals surface area contributed by atoms with Crippen molar-refractivity contribution in [2.24, 2.45) is 0 Å². The number of aliphatic hydroxyl groups excluding tert-OH is 1. The smallest absolute Gasteiger partial charge is 0.200 e. The Kier molecular flexibility index (Phi) is 3.92. The highest BCUT2D eigenvalue weighted by Gasteiger charge is 2.27. The van der Waals surface area contributed by atoms with E-state index in [0.29, 0.717) is 0 Å². The predicted molar refractivity (Wildman–Crippen MR) is 60.4 cm³/mol. The largest absolute Gasteiger partial charge is 0.392 e. The molecule has 20 heavy (non-hydrogen) atoms. The quantitative estimate of drug-likeness (QED) is 0.398. The molecule has 0 amide bonds. The molecule has 0 saturated carbocycles. The molecule has 0 bridgehead atoms. The lowest BCUT2D eigenvalue weighted by atomic mass is 10.1. The highest BCUT2D eigenvalue weighted by molar-refractivity contribution is 6.30. The number of hydrogen-bond donors (Lipinski definition) is 1. The Hall–Kier alpha value is -1.73. The molecule has 0 aliphatic rings. The summed E-state index contributed by atoms with van der Waals surface area (Å²) in [7, 11) is 0. The van der Waals surface area contributed by atoms with Crippen molar-refractivity contribution in [1.82, 2.24) is 4.98 Å². The Bertz CT molecular complexity index is 663. The van der Waals surface area contributed by atoms with Crippen molar-refractivity contribution in [3.63, 3.8) is 0 Å². The third-order valence-electron chi connectivity index (χ3n) is 2.56. The van der Waals surface area contributed by atoms with Crippen molar-refractivity contribution in [2.45, 2.75) is 6.61 Å². The lowest BCUT2D eigenvalue weighted by Crippen LogP contribution is -2.05. The van der Waals surface area contributed by atoms with E-state index in [4.69, 9.17) is 16.7 Å². The summed E-state index contributed by atoms with van der Waals surface area (Å²) in [6, 6.07) is 2.17. The van der Waals surface area contributed by atoms with Crippen LogP contribution < -0.4 is 0 Å². The van der Waals surface area contributed by atoms with E-state index in [-0.39, 0.29) is 10.7 Å². The number of rotatable bonds is 2. The van der Waals surface area contributed by atoms with Gasteiger partial charge >= 0.3 is 0 Å². The highest BCUT2D eigenvalue weighted by Crippen LogP contribution is 2.31. The van der Waals surface area contributed by atoms with Gasteiger partial charge in [-0.2, -0.15) is 0 Å². The Labute approximate surface area is 114 Å². The van der Waals surface area contributed by atoms with E-state index in [9.17, 15) is 22.0 Å². The molecule has 0 spiro atoms. The summed E-state index contributed by atoms with van der Waals surface area (Å²) in [4.78, 5) is 3.52. The van der Waals surface area contributed by atoms with Crippen LogP contribution in [-0.2, 0) is 6.61 Å². The van der Waals surface area contributed by atoms with E-state index < -0.39 is 47.0 Å². The van der Waals surface area contributed by atoms with E-state index >= 15 is 0 Å². The number of benzene rings is 1. The number of hydrogen-bond acceptors (Lipinski definition) is 2. The molecule has 0 aliphatic carbocycles. The lowest BCUT2D eigenvalue weighted by molar-refractivity contribution is 0.281. The second-order valence-electron chi connectivity index (χ2n) is 3.75. The molecule has 2 nitrogen and oxygen atoms in total. The number of halogens is 6. The van der Waals surface area contributed by atoms with Gasteiger partial charge in [0.25, 0.3) is 0 Å². The van der Waals surface area contributed by atoms with Crippen molar-refractivity contribution in [3.8, 4) is 11.3 Å². The topological polar surface area (TPSA) is 33.1 Å². The van der Waals surface area contributed by atoms with Gasteiger partial charge in [-0.15, -0.1) is 0 Å². The van der Waals surface area contributed by atoms with Gasteiger partial charge in [-0.3, -0.25) is 0 Å². The maximum atomic E-state index is 13.5. The first-order valence-corrected chi connectivity index (χ1v) is 5.54. The van der Waals surface area contributed by atoms with Gasteiger partial charge in [-0.25, -0.2) is 26.9 Å². The maximum Gasteiger partial charge on any atom is 0.200 e. The minimum absolute atomic E-state index is 0.152. The van der Waals surface area contributed by atoms with Crippen LogP contribution >= 0.6 is 11.6 Å². The van der Waals surface area contributed by atoms with Crippen LogP contribution in [0.1, 0.15) is 5.56 Å². The van der Waals surface area contributed by atoms with Crippen LogP contribution in [0.4, 0.5) is 22.0 Å². The highest BCUT2D eigenvalue weighted by atomic mass is 35.5. The van der Waals surface area contributed by atoms with E-state index in [1.165, 1.54) is 6.07 Å². The number of aliphatic hydroxyl groups is 1.